The van der Waals surface area contributed by atoms with E-state index in [-0.39, 0.29) is 74.8 Å². The van der Waals surface area contributed by atoms with E-state index in [9.17, 15) is 63.6 Å². The molecule has 70 heavy (non-hydrogen) atoms. The van der Waals surface area contributed by atoms with E-state index in [1.807, 2.05) is 13.8 Å². The first-order valence-corrected chi connectivity index (χ1v) is 23.5. The predicted molar refractivity (Wildman–Crippen MR) is 255 cm³/mol. The molecule has 0 bridgehead atoms. The number of aliphatic hydroxyl groups is 1. The summed E-state index contributed by atoms with van der Waals surface area (Å²) < 4.78 is 0. The Morgan fingerprint density at radius 2 is 1.11 bits per heavy atom. The molecule has 1 heterocycles. The number of amides is 8. The Kier molecular flexibility index (Phi) is 22.5. The number of hydrogen-bond acceptors (Lipinski definition) is 13. The number of carboxylic acids is 1. The Bertz CT molecular complexity index is 2140. The molecular formula is C48H71N9O13. The van der Waals surface area contributed by atoms with Crippen molar-refractivity contribution in [2.24, 2.45) is 29.2 Å². The predicted octanol–water partition coefficient (Wildman–Crippen LogP) is -0.799. The number of carbonyl (C=O) groups excluding carboxylic acids is 8. The van der Waals surface area contributed by atoms with Crippen LogP contribution in [0, 0.1) is 17.8 Å². The summed E-state index contributed by atoms with van der Waals surface area (Å²) in [5.74, 6) is -8.63. The van der Waals surface area contributed by atoms with Crippen LogP contribution in [0.25, 0.3) is 0 Å². The second kappa shape index (κ2) is 27.4. The average molecular weight is 982 g/mol. The van der Waals surface area contributed by atoms with E-state index in [1.54, 1.807) is 27.7 Å². The molecule has 0 radical (unpaired) electrons. The van der Waals surface area contributed by atoms with Gasteiger partial charge < -0.3 is 68.7 Å². The molecule has 0 unspecified atom stereocenters. The highest BCUT2D eigenvalue weighted by Crippen LogP contribution is 2.22. The van der Waals surface area contributed by atoms with Gasteiger partial charge in [-0.25, -0.2) is 4.79 Å². The Hall–Kier alpha value is -6.81. The maximum atomic E-state index is 14.3. The van der Waals surface area contributed by atoms with E-state index in [2.05, 4.69) is 31.9 Å². The summed E-state index contributed by atoms with van der Waals surface area (Å²) in [5, 5.41) is 55.3. The Morgan fingerprint density at radius 1 is 0.629 bits per heavy atom. The van der Waals surface area contributed by atoms with Gasteiger partial charge in [0.15, 0.2) is 0 Å². The Labute approximate surface area is 407 Å². The van der Waals surface area contributed by atoms with Crippen LogP contribution in [0.2, 0.25) is 0 Å². The van der Waals surface area contributed by atoms with Gasteiger partial charge in [-0.1, -0.05) is 65.8 Å². The normalized spacial score (nSPS) is 16.5. The van der Waals surface area contributed by atoms with Gasteiger partial charge in [-0.3, -0.25) is 38.4 Å². The molecule has 3 rings (SSSR count). The molecule has 0 aromatic heterocycles. The van der Waals surface area contributed by atoms with Crippen LogP contribution < -0.4 is 43.4 Å². The van der Waals surface area contributed by atoms with E-state index < -0.39 is 114 Å². The van der Waals surface area contributed by atoms with Crippen molar-refractivity contribution in [1.29, 1.82) is 0 Å². The standard InChI is InChI=1S/C48H71N9O13/c1-25(2)20-32(49)41(62)51-33(17-18-39(50)61)42(63)52-34(22-28-9-13-30(59)14-10-28)43(64)56-40(27(5)6)46(67)55-37(24-58)44(65)53-35(23-29-11-15-31(60)16-12-29)47(68)57-19-7-8-38(57)45(66)54-36(48(69)70)21-26(3)4/h9-16,25-27,32-38,40,58-60H,7-8,17-24,49H2,1-6H3,(H2,50,61)(H,51,62)(H,52,63)(H,53,65)(H,54,66)(H,55,67)(H,56,64)(H,69,70)/t32-,33-,34-,35-,36-,37-,38-,40-/m0/s1. The molecule has 0 saturated carbocycles. The molecule has 0 aliphatic carbocycles. The SMILES string of the molecule is CC(C)C[C@H](NC(=O)[C@@H]1CCCN1C(=O)[C@H](Cc1ccc(O)cc1)NC(=O)[C@H](CO)NC(=O)[C@@H](NC(=O)[C@H](Cc1ccc(O)cc1)NC(=O)[C@H](CCC(N)=O)NC(=O)[C@@H](N)CC(C)C)C(C)C)C(=O)O. The van der Waals surface area contributed by atoms with E-state index in [1.165, 1.54) is 53.4 Å². The van der Waals surface area contributed by atoms with Crippen LogP contribution in [0.1, 0.15) is 91.2 Å². The van der Waals surface area contributed by atoms with Crippen LogP contribution in [-0.2, 0) is 56.0 Å². The van der Waals surface area contributed by atoms with Crippen molar-refractivity contribution in [3.63, 3.8) is 0 Å². The summed E-state index contributed by atoms with van der Waals surface area (Å²) >= 11 is 0. The molecule has 8 atom stereocenters. The maximum absolute atomic E-state index is 14.3. The summed E-state index contributed by atoms with van der Waals surface area (Å²) in [4.78, 5) is 122. The minimum atomic E-state index is -1.70. The highest BCUT2D eigenvalue weighted by atomic mass is 16.4. The number of aromatic hydroxyl groups is 2. The lowest BCUT2D eigenvalue weighted by molar-refractivity contribution is -0.145. The molecule has 2 aromatic rings. The molecular weight excluding hydrogens is 911 g/mol. The molecule has 1 aliphatic rings. The van der Waals surface area contributed by atoms with E-state index in [0.29, 0.717) is 17.5 Å². The topological polar surface area (TPSA) is 362 Å². The van der Waals surface area contributed by atoms with Crippen LogP contribution in [0.5, 0.6) is 11.5 Å². The number of carbonyl (C=O) groups is 9. The third-order valence-corrected chi connectivity index (χ3v) is 11.6. The second-order valence-electron chi connectivity index (χ2n) is 18.9. The number of nitrogens with zero attached hydrogens (tertiary/aromatic N) is 1. The summed E-state index contributed by atoms with van der Waals surface area (Å²) in [7, 11) is 0. The third-order valence-electron chi connectivity index (χ3n) is 11.6. The van der Waals surface area contributed by atoms with Gasteiger partial charge in [0.25, 0.3) is 0 Å². The lowest BCUT2D eigenvalue weighted by Gasteiger charge is -2.31. The quantitative estimate of drug-likeness (QED) is 0.0522. The average Bonchev–Trinajstić information content (AvgIpc) is 3.79. The van der Waals surface area contributed by atoms with Crippen LogP contribution in [0.4, 0.5) is 0 Å². The molecule has 386 valence electrons. The number of nitrogens with two attached hydrogens (primary N) is 2. The minimum Gasteiger partial charge on any atom is -0.508 e. The summed E-state index contributed by atoms with van der Waals surface area (Å²) in [6, 6.07) is 0.905. The minimum absolute atomic E-state index is 0.0361. The van der Waals surface area contributed by atoms with E-state index in [0.717, 1.165) is 0 Å². The monoisotopic (exact) mass is 982 g/mol. The lowest BCUT2D eigenvalue weighted by atomic mass is 9.99. The first-order valence-electron chi connectivity index (χ1n) is 23.5. The van der Waals surface area contributed by atoms with Crippen molar-refractivity contribution in [2.75, 3.05) is 13.2 Å². The van der Waals surface area contributed by atoms with Crippen molar-refractivity contribution in [1.82, 2.24) is 36.8 Å². The van der Waals surface area contributed by atoms with Crippen molar-refractivity contribution in [3.8, 4) is 11.5 Å². The number of rotatable bonds is 27. The smallest absolute Gasteiger partial charge is 0.326 e. The molecule has 8 amide bonds. The maximum Gasteiger partial charge on any atom is 0.326 e. The Balaban J connectivity index is 1.88. The van der Waals surface area contributed by atoms with Crippen LogP contribution in [0.3, 0.4) is 0 Å². The fourth-order valence-electron chi connectivity index (χ4n) is 7.85. The van der Waals surface area contributed by atoms with Crippen molar-refractivity contribution < 1.29 is 63.6 Å². The largest absolute Gasteiger partial charge is 0.508 e. The Morgan fingerprint density at radius 3 is 1.61 bits per heavy atom. The van der Waals surface area contributed by atoms with Gasteiger partial charge in [0.2, 0.25) is 47.3 Å². The second-order valence-corrected chi connectivity index (χ2v) is 18.9. The number of primary amides is 1. The number of phenolic OH excluding ortho intramolecular Hbond substituents is 2. The zero-order chi connectivity index (χ0) is 52.4. The van der Waals surface area contributed by atoms with Gasteiger partial charge in [0.1, 0.15) is 53.8 Å². The molecule has 1 aliphatic heterocycles. The number of nitrogens with one attached hydrogen (secondary N) is 6. The van der Waals surface area contributed by atoms with Gasteiger partial charge in [-0.15, -0.1) is 0 Å². The fourth-order valence-corrected chi connectivity index (χ4v) is 7.85. The molecule has 2 aromatic carbocycles. The molecule has 14 N–H and O–H groups in total. The fraction of sp³-hybridized carbons (Fsp3) is 0.562. The number of likely N-dealkylation sites (tertiary alicyclic amines) is 1. The van der Waals surface area contributed by atoms with E-state index >= 15 is 0 Å². The third kappa shape index (κ3) is 18.3. The summed E-state index contributed by atoms with van der Waals surface area (Å²) in [6.45, 7) is 9.59. The highest BCUT2D eigenvalue weighted by Gasteiger charge is 2.40. The van der Waals surface area contributed by atoms with Crippen LogP contribution in [-0.4, -0.2) is 140 Å². The van der Waals surface area contributed by atoms with Crippen LogP contribution in [0.15, 0.2) is 48.5 Å². The number of hydrogen-bond donors (Lipinski definition) is 12. The molecule has 22 heteroatoms. The van der Waals surface area contributed by atoms with Crippen LogP contribution >= 0.6 is 0 Å². The number of carboxylic acid groups (broad SMARTS) is 1. The summed E-state index contributed by atoms with van der Waals surface area (Å²) in [5.41, 5.74) is 12.4. The summed E-state index contributed by atoms with van der Waals surface area (Å²) in [6.07, 6.45) is 0.128. The van der Waals surface area contributed by atoms with Gasteiger partial charge in [0.05, 0.1) is 12.6 Å². The van der Waals surface area contributed by atoms with Crippen molar-refractivity contribution >= 4 is 53.2 Å². The van der Waals surface area contributed by atoms with Gasteiger partial charge in [-0.2, -0.15) is 0 Å². The van der Waals surface area contributed by atoms with Crippen molar-refractivity contribution in [3.05, 3.63) is 59.7 Å². The van der Waals surface area contributed by atoms with E-state index in [4.69, 9.17) is 11.5 Å². The molecule has 22 nitrogen and oxygen atoms in total. The van der Waals surface area contributed by atoms with Gasteiger partial charge in [-0.05, 0) is 85.3 Å². The van der Waals surface area contributed by atoms with Gasteiger partial charge >= 0.3 is 5.97 Å². The number of aliphatic hydroxyl groups excluding tert-OH is 1. The highest BCUT2D eigenvalue weighted by molar-refractivity contribution is 5.98. The van der Waals surface area contributed by atoms with Gasteiger partial charge in [0, 0.05) is 25.8 Å². The molecule has 1 saturated heterocycles. The van der Waals surface area contributed by atoms with Crippen molar-refractivity contribution in [2.45, 2.75) is 141 Å². The first-order chi connectivity index (χ1) is 32.9. The first kappa shape index (κ1) is 57.5. The molecule has 1 fully saturated rings. The lowest BCUT2D eigenvalue weighted by Crippen LogP contribution is -2.62. The number of aliphatic carboxylic acids is 1. The zero-order valence-corrected chi connectivity index (χ0v) is 40.6. The zero-order valence-electron chi connectivity index (χ0n) is 40.6. The molecule has 0 spiro atoms. The number of phenols is 2. The number of benzene rings is 2.